The molecule has 1 amide bonds. The SMILES string of the molecule is CC(=O)NCSC(CNCCBr)c1ccccc1.[HH]. The van der Waals surface area contributed by atoms with Crippen LogP contribution in [0.15, 0.2) is 30.3 Å². The molecule has 0 fully saturated rings. The largest absolute Gasteiger partial charge is 0.347 e. The van der Waals surface area contributed by atoms with E-state index in [2.05, 4.69) is 38.7 Å². The summed E-state index contributed by atoms with van der Waals surface area (Å²) in [7, 11) is 0. The Labute approximate surface area is 123 Å². The normalized spacial score (nSPS) is 12.1. The van der Waals surface area contributed by atoms with Gasteiger partial charge in [0.15, 0.2) is 0 Å². The number of alkyl halides is 1. The van der Waals surface area contributed by atoms with Crippen molar-refractivity contribution in [3.63, 3.8) is 0 Å². The average molecular weight is 333 g/mol. The first-order chi connectivity index (χ1) is 8.74. The quantitative estimate of drug-likeness (QED) is 0.437. The number of nitrogens with one attached hydrogen (secondary N) is 2. The Morgan fingerprint density at radius 3 is 2.78 bits per heavy atom. The molecule has 2 N–H and O–H groups in total. The summed E-state index contributed by atoms with van der Waals surface area (Å²) in [5, 5.41) is 7.52. The maximum atomic E-state index is 10.9. The molecular weight excluding hydrogens is 312 g/mol. The van der Waals surface area contributed by atoms with E-state index in [4.69, 9.17) is 0 Å². The van der Waals surface area contributed by atoms with E-state index in [1.54, 1.807) is 18.7 Å². The Morgan fingerprint density at radius 2 is 2.17 bits per heavy atom. The van der Waals surface area contributed by atoms with Gasteiger partial charge in [0, 0.05) is 32.0 Å². The molecule has 0 spiro atoms. The molecule has 1 atom stereocenters. The monoisotopic (exact) mass is 332 g/mol. The van der Waals surface area contributed by atoms with Crippen LogP contribution in [0, 0.1) is 0 Å². The zero-order valence-electron chi connectivity index (χ0n) is 10.5. The summed E-state index contributed by atoms with van der Waals surface area (Å²) >= 11 is 5.14. The van der Waals surface area contributed by atoms with Crippen LogP contribution in [0.2, 0.25) is 0 Å². The van der Waals surface area contributed by atoms with Gasteiger partial charge in [0.05, 0.1) is 5.88 Å². The highest BCUT2D eigenvalue weighted by Gasteiger charge is 2.11. The van der Waals surface area contributed by atoms with Gasteiger partial charge in [0.25, 0.3) is 0 Å². The highest BCUT2D eigenvalue weighted by atomic mass is 79.9. The molecule has 0 saturated carbocycles. The molecule has 1 unspecified atom stereocenters. The van der Waals surface area contributed by atoms with Gasteiger partial charge in [-0.25, -0.2) is 0 Å². The molecule has 0 heterocycles. The van der Waals surface area contributed by atoms with Crippen molar-refractivity contribution < 1.29 is 6.22 Å². The lowest BCUT2D eigenvalue weighted by atomic mass is 10.1. The summed E-state index contributed by atoms with van der Waals surface area (Å²) in [5.74, 6) is 0.660. The summed E-state index contributed by atoms with van der Waals surface area (Å²) in [6.07, 6.45) is 0. The van der Waals surface area contributed by atoms with E-state index < -0.39 is 0 Å². The fraction of sp³-hybridized carbons (Fsp3) is 0.462. The van der Waals surface area contributed by atoms with E-state index in [1.807, 2.05) is 18.2 Å². The molecule has 3 nitrogen and oxygen atoms in total. The average Bonchev–Trinajstić information content (AvgIpc) is 2.38. The first-order valence-corrected chi connectivity index (χ1v) is 8.08. The van der Waals surface area contributed by atoms with E-state index in [1.165, 1.54) is 5.56 Å². The van der Waals surface area contributed by atoms with Crippen molar-refractivity contribution in [1.29, 1.82) is 0 Å². The molecule has 0 aliphatic heterocycles. The van der Waals surface area contributed by atoms with E-state index in [-0.39, 0.29) is 7.33 Å². The lowest BCUT2D eigenvalue weighted by molar-refractivity contribution is -0.118. The minimum absolute atomic E-state index is 0. The Morgan fingerprint density at radius 1 is 1.44 bits per heavy atom. The third kappa shape index (κ3) is 6.42. The molecule has 0 radical (unpaired) electrons. The maximum Gasteiger partial charge on any atom is 0.217 e. The standard InChI is InChI=1S/C13H19BrN2OS.H2/c1-11(17)16-10-18-13(9-15-8-7-14)12-5-3-2-4-6-12;/h2-6,13,15H,7-10H2,1H3,(H,16,17);1H. The summed E-state index contributed by atoms with van der Waals surface area (Å²) in [6.45, 7) is 3.39. The van der Waals surface area contributed by atoms with Gasteiger partial charge in [-0.15, -0.1) is 11.8 Å². The van der Waals surface area contributed by atoms with Crippen molar-refractivity contribution in [3.8, 4) is 0 Å². The van der Waals surface area contributed by atoms with Crippen LogP contribution < -0.4 is 10.6 Å². The number of carbonyl (C=O) groups is 1. The van der Waals surface area contributed by atoms with Crippen molar-refractivity contribution >= 4 is 33.6 Å². The van der Waals surface area contributed by atoms with Crippen molar-refractivity contribution in [1.82, 2.24) is 10.6 Å². The highest BCUT2D eigenvalue weighted by molar-refractivity contribution is 9.09. The van der Waals surface area contributed by atoms with Gasteiger partial charge in [-0.05, 0) is 5.56 Å². The van der Waals surface area contributed by atoms with Gasteiger partial charge in [0.2, 0.25) is 5.91 Å². The van der Waals surface area contributed by atoms with Crippen molar-refractivity contribution in [2.24, 2.45) is 0 Å². The zero-order valence-corrected chi connectivity index (χ0v) is 12.9. The van der Waals surface area contributed by atoms with Gasteiger partial charge >= 0.3 is 0 Å². The molecule has 1 rings (SSSR count). The van der Waals surface area contributed by atoms with E-state index >= 15 is 0 Å². The fourth-order valence-corrected chi connectivity index (χ4v) is 2.84. The van der Waals surface area contributed by atoms with Crippen molar-refractivity contribution in [2.75, 3.05) is 24.3 Å². The van der Waals surface area contributed by atoms with Crippen LogP contribution in [0.25, 0.3) is 0 Å². The maximum absolute atomic E-state index is 10.9. The predicted molar refractivity (Wildman–Crippen MR) is 84.2 cm³/mol. The first kappa shape index (κ1) is 15.5. The molecule has 0 saturated heterocycles. The molecule has 1 aromatic carbocycles. The van der Waals surface area contributed by atoms with Gasteiger partial charge in [-0.3, -0.25) is 4.79 Å². The Balaban J connectivity index is 0.00000324. The Hall–Kier alpha value is -0.520. The van der Waals surface area contributed by atoms with Crippen LogP contribution in [0.5, 0.6) is 0 Å². The number of rotatable bonds is 8. The molecule has 0 aliphatic rings. The number of thioether (sulfide) groups is 1. The summed E-state index contributed by atoms with van der Waals surface area (Å²) in [6, 6.07) is 10.4. The Kier molecular flexibility index (Phi) is 8.13. The van der Waals surface area contributed by atoms with E-state index in [0.717, 1.165) is 18.4 Å². The van der Waals surface area contributed by atoms with Gasteiger partial charge in [-0.1, -0.05) is 46.3 Å². The number of amides is 1. The number of halogens is 1. The smallest absolute Gasteiger partial charge is 0.217 e. The minimum Gasteiger partial charge on any atom is -0.347 e. The van der Waals surface area contributed by atoms with Gasteiger partial charge in [-0.2, -0.15) is 0 Å². The predicted octanol–water partition coefficient (Wildman–Crippen LogP) is 2.79. The molecule has 0 aliphatic carbocycles. The Bertz CT molecular complexity index is 354. The second kappa shape index (κ2) is 9.42. The first-order valence-electron chi connectivity index (χ1n) is 5.91. The fourth-order valence-electron chi connectivity index (χ4n) is 1.48. The van der Waals surface area contributed by atoms with Crippen LogP contribution >= 0.6 is 27.7 Å². The molecule has 1 aromatic rings. The third-order valence-electron chi connectivity index (χ3n) is 2.38. The van der Waals surface area contributed by atoms with Gasteiger partial charge in [0.1, 0.15) is 0 Å². The van der Waals surface area contributed by atoms with Crippen molar-refractivity contribution in [2.45, 2.75) is 12.2 Å². The lowest BCUT2D eigenvalue weighted by Gasteiger charge is -2.17. The zero-order chi connectivity index (χ0) is 13.2. The minimum atomic E-state index is 0. The molecule has 0 aromatic heterocycles. The highest BCUT2D eigenvalue weighted by Crippen LogP contribution is 2.27. The van der Waals surface area contributed by atoms with Crippen molar-refractivity contribution in [3.05, 3.63) is 35.9 Å². The molecule has 102 valence electrons. The summed E-state index contributed by atoms with van der Waals surface area (Å²) < 4.78 is 0. The second-order valence-corrected chi connectivity index (χ2v) is 5.82. The number of benzene rings is 1. The van der Waals surface area contributed by atoms with Crippen LogP contribution in [0.3, 0.4) is 0 Å². The molecule has 18 heavy (non-hydrogen) atoms. The second-order valence-electron chi connectivity index (χ2n) is 3.84. The topological polar surface area (TPSA) is 41.1 Å². The molecule has 5 heteroatoms. The van der Waals surface area contributed by atoms with E-state index in [0.29, 0.717) is 11.1 Å². The number of carbonyl (C=O) groups excluding carboxylic acids is 1. The van der Waals surface area contributed by atoms with Crippen LogP contribution in [0.1, 0.15) is 19.2 Å². The number of hydrogen-bond acceptors (Lipinski definition) is 3. The van der Waals surface area contributed by atoms with Crippen LogP contribution in [0.4, 0.5) is 0 Å². The third-order valence-corrected chi connectivity index (χ3v) is 3.93. The van der Waals surface area contributed by atoms with E-state index in [9.17, 15) is 4.79 Å². The summed E-state index contributed by atoms with van der Waals surface area (Å²) in [5.41, 5.74) is 1.29. The molecular formula is C13H21BrN2OS. The molecule has 0 bridgehead atoms. The number of hydrogen-bond donors (Lipinski definition) is 2. The summed E-state index contributed by atoms with van der Waals surface area (Å²) in [4.78, 5) is 10.9. The lowest BCUT2D eigenvalue weighted by Crippen LogP contribution is -2.25. The van der Waals surface area contributed by atoms with Crippen LogP contribution in [-0.4, -0.2) is 30.2 Å². The van der Waals surface area contributed by atoms with Crippen LogP contribution in [-0.2, 0) is 4.79 Å². The van der Waals surface area contributed by atoms with Gasteiger partial charge < -0.3 is 10.6 Å².